The summed E-state index contributed by atoms with van der Waals surface area (Å²) in [6.45, 7) is 2.03. The number of carboxylic acids is 1. The van der Waals surface area contributed by atoms with E-state index in [4.69, 9.17) is 28.3 Å². The lowest BCUT2D eigenvalue weighted by Gasteiger charge is -2.20. The van der Waals surface area contributed by atoms with Gasteiger partial charge in [-0.15, -0.1) is 0 Å². The third kappa shape index (κ3) is 4.08. The largest absolute Gasteiger partial charge is 0.481 e. The molecule has 0 fully saturated rings. The van der Waals surface area contributed by atoms with Gasteiger partial charge in [0.25, 0.3) is 5.91 Å². The SMILES string of the molecule is CCN(CCC(=O)O)C(=O)c1cc(F)c(Cl)cc1Cl. The lowest BCUT2D eigenvalue weighted by Crippen LogP contribution is -2.33. The van der Waals surface area contributed by atoms with Gasteiger partial charge in [-0.05, 0) is 19.1 Å². The predicted molar refractivity (Wildman–Crippen MR) is 70.3 cm³/mol. The van der Waals surface area contributed by atoms with Crippen LogP contribution in [-0.4, -0.2) is 35.0 Å². The standard InChI is InChI=1S/C12H12Cl2FNO3/c1-2-16(4-3-11(17)18)12(19)7-5-10(15)9(14)6-8(7)13/h5-6H,2-4H2,1H3,(H,17,18). The summed E-state index contributed by atoms with van der Waals surface area (Å²) in [6, 6.07) is 2.10. The molecule has 0 bridgehead atoms. The first-order chi connectivity index (χ1) is 8.86. The number of hydrogen-bond acceptors (Lipinski definition) is 2. The molecule has 0 aliphatic carbocycles. The van der Waals surface area contributed by atoms with Crippen LogP contribution in [-0.2, 0) is 4.79 Å². The highest BCUT2D eigenvalue weighted by Crippen LogP contribution is 2.25. The third-order valence-electron chi connectivity index (χ3n) is 2.50. The predicted octanol–water partition coefficient (Wildman–Crippen LogP) is 3.07. The molecule has 0 spiro atoms. The first-order valence-electron chi connectivity index (χ1n) is 5.52. The van der Waals surface area contributed by atoms with Gasteiger partial charge in [0, 0.05) is 13.1 Å². The summed E-state index contributed by atoms with van der Waals surface area (Å²) in [5.41, 5.74) is -0.0317. The van der Waals surface area contributed by atoms with Gasteiger partial charge in [-0.2, -0.15) is 0 Å². The monoisotopic (exact) mass is 307 g/mol. The van der Waals surface area contributed by atoms with Crippen molar-refractivity contribution in [2.24, 2.45) is 0 Å². The van der Waals surface area contributed by atoms with Crippen molar-refractivity contribution in [3.8, 4) is 0 Å². The number of amides is 1. The molecule has 1 aromatic carbocycles. The number of hydrogen-bond donors (Lipinski definition) is 1. The van der Waals surface area contributed by atoms with Gasteiger partial charge in [-0.1, -0.05) is 23.2 Å². The van der Waals surface area contributed by atoms with E-state index in [-0.39, 0.29) is 28.6 Å². The number of nitrogens with zero attached hydrogens (tertiary/aromatic N) is 1. The zero-order valence-electron chi connectivity index (χ0n) is 10.1. The lowest BCUT2D eigenvalue weighted by molar-refractivity contribution is -0.137. The first-order valence-corrected chi connectivity index (χ1v) is 6.28. The maximum Gasteiger partial charge on any atom is 0.305 e. The van der Waals surface area contributed by atoms with Gasteiger partial charge in [0.05, 0.1) is 22.0 Å². The average molecular weight is 308 g/mol. The molecule has 0 saturated carbocycles. The van der Waals surface area contributed by atoms with Crippen LogP contribution in [0.3, 0.4) is 0 Å². The van der Waals surface area contributed by atoms with Crippen molar-refractivity contribution in [3.05, 3.63) is 33.6 Å². The van der Waals surface area contributed by atoms with Crippen LogP contribution in [0.2, 0.25) is 10.0 Å². The summed E-state index contributed by atoms with van der Waals surface area (Å²) in [5, 5.41) is 8.47. The summed E-state index contributed by atoms with van der Waals surface area (Å²) < 4.78 is 13.3. The number of aliphatic carboxylic acids is 1. The molecule has 7 heteroatoms. The van der Waals surface area contributed by atoms with Crippen molar-refractivity contribution in [1.29, 1.82) is 0 Å². The van der Waals surface area contributed by atoms with E-state index in [0.717, 1.165) is 12.1 Å². The minimum absolute atomic E-state index is 0.0317. The number of carbonyl (C=O) groups excluding carboxylic acids is 1. The Labute approximate surface area is 119 Å². The van der Waals surface area contributed by atoms with Crippen LogP contribution in [0.5, 0.6) is 0 Å². The second-order valence-corrected chi connectivity index (χ2v) is 4.59. The number of carbonyl (C=O) groups is 2. The lowest BCUT2D eigenvalue weighted by atomic mass is 10.2. The zero-order chi connectivity index (χ0) is 14.6. The van der Waals surface area contributed by atoms with Gasteiger partial charge in [0.1, 0.15) is 5.82 Å². The highest BCUT2D eigenvalue weighted by Gasteiger charge is 2.19. The Bertz CT molecular complexity index is 508. The van der Waals surface area contributed by atoms with Crippen LogP contribution in [0.1, 0.15) is 23.7 Å². The molecule has 0 radical (unpaired) electrons. The summed E-state index contributed by atoms with van der Waals surface area (Å²) in [6.07, 6.45) is -0.187. The van der Waals surface area contributed by atoms with Gasteiger partial charge in [0.2, 0.25) is 0 Å². The van der Waals surface area contributed by atoms with Crippen molar-refractivity contribution in [3.63, 3.8) is 0 Å². The van der Waals surface area contributed by atoms with Crippen molar-refractivity contribution >= 4 is 35.1 Å². The minimum Gasteiger partial charge on any atom is -0.481 e. The molecule has 19 heavy (non-hydrogen) atoms. The van der Waals surface area contributed by atoms with Crippen molar-refractivity contribution < 1.29 is 19.1 Å². The fraction of sp³-hybridized carbons (Fsp3) is 0.333. The molecule has 0 atom stereocenters. The van der Waals surface area contributed by atoms with Gasteiger partial charge < -0.3 is 10.0 Å². The fourth-order valence-electron chi connectivity index (χ4n) is 1.49. The van der Waals surface area contributed by atoms with E-state index in [1.807, 2.05) is 0 Å². The Hall–Kier alpha value is -1.33. The molecular formula is C12H12Cl2FNO3. The molecule has 104 valence electrons. The Morgan fingerprint density at radius 2 is 1.95 bits per heavy atom. The van der Waals surface area contributed by atoms with Gasteiger partial charge in [-0.25, -0.2) is 4.39 Å². The first kappa shape index (κ1) is 15.7. The van der Waals surface area contributed by atoms with Crippen LogP contribution < -0.4 is 0 Å². The minimum atomic E-state index is -1.01. The summed E-state index contributed by atoms with van der Waals surface area (Å²) in [5.74, 6) is -2.28. The van der Waals surface area contributed by atoms with Crippen LogP contribution in [0, 0.1) is 5.82 Å². The van der Waals surface area contributed by atoms with Crippen molar-refractivity contribution in [1.82, 2.24) is 4.90 Å². The molecule has 0 aliphatic rings. The molecule has 0 heterocycles. The molecule has 1 N–H and O–H groups in total. The topological polar surface area (TPSA) is 57.6 Å². The highest BCUT2D eigenvalue weighted by molar-refractivity contribution is 6.36. The van der Waals surface area contributed by atoms with Crippen LogP contribution in [0.15, 0.2) is 12.1 Å². The van der Waals surface area contributed by atoms with Gasteiger partial charge in [-0.3, -0.25) is 9.59 Å². The number of halogens is 3. The molecule has 1 aromatic rings. The van der Waals surface area contributed by atoms with Crippen LogP contribution in [0.4, 0.5) is 4.39 Å². The maximum atomic E-state index is 13.3. The van der Waals surface area contributed by atoms with E-state index in [2.05, 4.69) is 0 Å². The molecule has 0 aliphatic heterocycles. The summed E-state index contributed by atoms with van der Waals surface area (Å²) >= 11 is 11.4. The quantitative estimate of drug-likeness (QED) is 0.851. The van der Waals surface area contributed by atoms with E-state index in [0.29, 0.717) is 6.54 Å². The van der Waals surface area contributed by atoms with E-state index >= 15 is 0 Å². The van der Waals surface area contributed by atoms with E-state index in [1.165, 1.54) is 4.90 Å². The van der Waals surface area contributed by atoms with E-state index in [9.17, 15) is 14.0 Å². The highest BCUT2D eigenvalue weighted by atomic mass is 35.5. The second-order valence-electron chi connectivity index (χ2n) is 3.77. The summed E-state index contributed by atoms with van der Waals surface area (Å²) in [7, 11) is 0. The van der Waals surface area contributed by atoms with Crippen molar-refractivity contribution in [2.45, 2.75) is 13.3 Å². The smallest absolute Gasteiger partial charge is 0.305 e. The maximum absolute atomic E-state index is 13.3. The number of carboxylic acid groups (broad SMARTS) is 1. The zero-order valence-corrected chi connectivity index (χ0v) is 11.6. The number of benzene rings is 1. The Morgan fingerprint density at radius 1 is 1.32 bits per heavy atom. The molecule has 1 rings (SSSR count). The molecule has 0 aromatic heterocycles. The molecule has 1 amide bonds. The van der Waals surface area contributed by atoms with Crippen LogP contribution >= 0.6 is 23.2 Å². The van der Waals surface area contributed by atoms with E-state index < -0.39 is 17.7 Å². The molecule has 4 nitrogen and oxygen atoms in total. The van der Waals surface area contributed by atoms with Crippen LogP contribution in [0.25, 0.3) is 0 Å². The summed E-state index contributed by atoms with van der Waals surface area (Å²) in [4.78, 5) is 23.9. The molecule has 0 saturated heterocycles. The molecular weight excluding hydrogens is 296 g/mol. The second kappa shape index (κ2) is 6.73. The Kier molecular flexibility index (Phi) is 5.57. The number of rotatable bonds is 5. The average Bonchev–Trinajstić information content (AvgIpc) is 2.34. The van der Waals surface area contributed by atoms with E-state index in [1.54, 1.807) is 6.92 Å². The van der Waals surface area contributed by atoms with Crippen molar-refractivity contribution in [2.75, 3.05) is 13.1 Å². The Morgan fingerprint density at radius 3 is 2.47 bits per heavy atom. The Balaban J connectivity index is 2.97. The normalized spacial score (nSPS) is 10.3. The third-order valence-corrected chi connectivity index (χ3v) is 3.11. The van der Waals surface area contributed by atoms with Gasteiger partial charge in [0.15, 0.2) is 0 Å². The van der Waals surface area contributed by atoms with Gasteiger partial charge >= 0.3 is 5.97 Å². The molecule has 0 unspecified atom stereocenters. The fourth-order valence-corrected chi connectivity index (χ4v) is 1.95.